The van der Waals surface area contributed by atoms with E-state index in [1.165, 1.54) is 5.01 Å². The molecule has 0 aliphatic carbocycles. The molecule has 6 heteroatoms. The lowest BCUT2D eigenvalue weighted by atomic mass is 10.2. The van der Waals surface area contributed by atoms with Crippen molar-refractivity contribution < 1.29 is 0 Å². The molecular weight excluding hydrogens is 383 g/mol. The summed E-state index contributed by atoms with van der Waals surface area (Å²) in [6.45, 7) is 12.3. The van der Waals surface area contributed by atoms with Gasteiger partial charge in [0.2, 0.25) is 0 Å². The second-order valence-electron chi connectivity index (χ2n) is 5.14. The zero-order valence-electron chi connectivity index (χ0n) is 13.1. The number of nitrogens with one attached hydrogen (secondary N) is 2. The van der Waals surface area contributed by atoms with E-state index >= 15 is 0 Å². The molecule has 4 nitrogen and oxygen atoms in total. The summed E-state index contributed by atoms with van der Waals surface area (Å²) in [6.07, 6.45) is 0.901. The molecule has 0 spiro atoms. The molecule has 1 rings (SSSR count). The first-order valence-electron chi connectivity index (χ1n) is 7.02. The third kappa shape index (κ3) is 7.42. The van der Waals surface area contributed by atoms with Gasteiger partial charge in [0.25, 0.3) is 0 Å². The topological polar surface area (TPSA) is 49.3 Å². The van der Waals surface area contributed by atoms with Crippen molar-refractivity contribution in [3.63, 3.8) is 0 Å². The smallest absolute Gasteiger partial charge is 0.191 e. The molecule has 0 aliphatic heterocycles. The Balaban J connectivity index is 0.00000361. The Morgan fingerprint density at radius 3 is 2.55 bits per heavy atom. The van der Waals surface area contributed by atoms with Crippen LogP contribution in [0.5, 0.6) is 0 Å². The molecule has 0 unspecified atom stereocenters. The second kappa shape index (κ2) is 10.4. The zero-order valence-corrected chi connectivity index (χ0v) is 16.2. The number of guanidine groups is 1. The van der Waals surface area contributed by atoms with Crippen LogP contribution < -0.4 is 10.6 Å². The summed E-state index contributed by atoms with van der Waals surface area (Å²) >= 11 is 1.75. The number of rotatable bonds is 6. The van der Waals surface area contributed by atoms with Crippen LogP contribution in [-0.4, -0.2) is 30.1 Å². The minimum Gasteiger partial charge on any atom is -0.357 e. The second-order valence-corrected chi connectivity index (χ2v) is 6.03. The monoisotopic (exact) mass is 410 g/mol. The Morgan fingerprint density at radius 2 is 2.05 bits per heavy atom. The van der Waals surface area contributed by atoms with E-state index in [2.05, 4.69) is 60.6 Å². The first-order chi connectivity index (χ1) is 9.02. The average molecular weight is 410 g/mol. The third-order valence-electron chi connectivity index (χ3n) is 2.47. The summed E-state index contributed by atoms with van der Waals surface area (Å²) < 4.78 is 0. The Morgan fingerprint density at radius 1 is 1.35 bits per heavy atom. The molecule has 0 fully saturated rings. The lowest BCUT2D eigenvalue weighted by Crippen LogP contribution is -2.41. The summed E-state index contributed by atoms with van der Waals surface area (Å²) in [4.78, 5) is 9.18. The van der Waals surface area contributed by atoms with E-state index in [1.807, 2.05) is 0 Å². The van der Waals surface area contributed by atoms with Crippen LogP contribution in [0.15, 0.2) is 10.4 Å². The number of hydrogen-bond donors (Lipinski definition) is 2. The van der Waals surface area contributed by atoms with Gasteiger partial charge in [-0.15, -0.1) is 35.3 Å². The maximum absolute atomic E-state index is 4.62. The normalized spacial score (nSPS) is 11.7. The van der Waals surface area contributed by atoms with Gasteiger partial charge < -0.3 is 10.6 Å². The molecule has 0 aromatic carbocycles. The van der Waals surface area contributed by atoms with Crippen molar-refractivity contribution in [1.82, 2.24) is 15.6 Å². The number of hydrogen-bond acceptors (Lipinski definition) is 3. The van der Waals surface area contributed by atoms with Crippen molar-refractivity contribution in [2.45, 2.75) is 53.0 Å². The highest BCUT2D eigenvalue weighted by Crippen LogP contribution is 2.19. The Hall–Kier alpha value is -0.370. The molecule has 2 N–H and O–H groups in total. The van der Waals surface area contributed by atoms with Crippen LogP contribution in [0.4, 0.5) is 0 Å². The van der Waals surface area contributed by atoms with Crippen LogP contribution in [0.1, 0.15) is 51.2 Å². The standard InChI is InChI=1S/C14H26N4S.HI/c1-6-15-14(17-11(4)5)16-8-7-12-9-19-13(18-12)10(2)3;/h9-11H,6-8H2,1-5H3,(H2,15,16,17);1H. The molecule has 1 aromatic rings. The van der Waals surface area contributed by atoms with E-state index in [0.717, 1.165) is 31.2 Å². The molecule has 116 valence electrons. The van der Waals surface area contributed by atoms with E-state index in [0.29, 0.717) is 12.0 Å². The summed E-state index contributed by atoms with van der Waals surface area (Å²) in [5.74, 6) is 1.40. The highest BCUT2D eigenvalue weighted by molar-refractivity contribution is 14.0. The quantitative estimate of drug-likeness (QED) is 0.430. The number of aromatic nitrogens is 1. The highest BCUT2D eigenvalue weighted by Gasteiger charge is 2.05. The van der Waals surface area contributed by atoms with Gasteiger partial charge in [-0.3, -0.25) is 4.99 Å². The van der Waals surface area contributed by atoms with Crippen LogP contribution >= 0.6 is 35.3 Å². The van der Waals surface area contributed by atoms with Gasteiger partial charge in [0.05, 0.1) is 10.7 Å². The molecule has 1 heterocycles. The van der Waals surface area contributed by atoms with E-state index in [9.17, 15) is 0 Å². The summed E-state index contributed by atoms with van der Waals surface area (Å²) in [5, 5.41) is 9.92. The van der Waals surface area contributed by atoms with Crippen LogP contribution in [0, 0.1) is 0 Å². The van der Waals surface area contributed by atoms with Crippen LogP contribution in [0.2, 0.25) is 0 Å². The molecule has 0 atom stereocenters. The van der Waals surface area contributed by atoms with Crippen molar-refractivity contribution in [2.24, 2.45) is 4.99 Å². The highest BCUT2D eigenvalue weighted by atomic mass is 127. The van der Waals surface area contributed by atoms with E-state index in [1.54, 1.807) is 11.3 Å². The number of nitrogens with zero attached hydrogens (tertiary/aromatic N) is 2. The largest absolute Gasteiger partial charge is 0.357 e. The lowest BCUT2D eigenvalue weighted by molar-refractivity contribution is 0.699. The predicted octanol–water partition coefficient (Wildman–Crippen LogP) is 3.39. The maximum atomic E-state index is 4.62. The van der Waals surface area contributed by atoms with Crippen molar-refractivity contribution in [2.75, 3.05) is 13.1 Å². The number of halogens is 1. The molecular formula is C14H27IN4S. The van der Waals surface area contributed by atoms with Crippen molar-refractivity contribution in [3.05, 3.63) is 16.1 Å². The maximum Gasteiger partial charge on any atom is 0.191 e. The summed E-state index contributed by atoms with van der Waals surface area (Å²) in [6, 6.07) is 0.393. The minimum atomic E-state index is 0. The third-order valence-corrected chi connectivity index (χ3v) is 3.66. The predicted molar refractivity (Wildman–Crippen MR) is 99.6 cm³/mol. The average Bonchev–Trinajstić information content (AvgIpc) is 2.77. The van der Waals surface area contributed by atoms with Gasteiger partial charge >= 0.3 is 0 Å². The summed E-state index contributed by atoms with van der Waals surface area (Å²) in [5.41, 5.74) is 1.15. The van der Waals surface area contributed by atoms with Gasteiger partial charge in [-0.2, -0.15) is 0 Å². The summed E-state index contributed by atoms with van der Waals surface area (Å²) in [7, 11) is 0. The first-order valence-corrected chi connectivity index (χ1v) is 7.90. The van der Waals surface area contributed by atoms with Gasteiger partial charge in [0.1, 0.15) is 0 Å². The van der Waals surface area contributed by atoms with Crippen molar-refractivity contribution in [1.29, 1.82) is 0 Å². The fraction of sp³-hybridized carbons (Fsp3) is 0.714. The van der Waals surface area contributed by atoms with Crippen LogP contribution in [0.25, 0.3) is 0 Å². The Kier molecular flexibility index (Phi) is 10.2. The van der Waals surface area contributed by atoms with Gasteiger partial charge in [0, 0.05) is 36.9 Å². The van der Waals surface area contributed by atoms with E-state index in [-0.39, 0.29) is 24.0 Å². The van der Waals surface area contributed by atoms with Gasteiger partial charge in [-0.05, 0) is 20.8 Å². The van der Waals surface area contributed by atoms with Crippen LogP contribution in [-0.2, 0) is 6.42 Å². The van der Waals surface area contributed by atoms with Crippen LogP contribution in [0.3, 0.4) is 0 Å². The van der Waals surface area contributed by atoms with Crippen molar-refractivity contribution >= 4 is 41.3 Å². The molecule has 0 amide bonds. The Labute approximate surface area is 143 Å². The Bertz CT molecular complexity index is 402. The van der Waals surface area contributed by atoms with E-state index in [4.69, 9.17) is 0 Å². The molecule has 0 bridgehead atoms. The van der Waals surface area contributed by atoms with Gasteiger partial charge in [-0.1, -0.05) is 13.8 Å². The molecule has 0 saturated carbocycles. The lowest BCUT2D eigenvalue weighted by Gasteiger charge is -2.13. The molecule has 1 aromatic heterocycles. The molecule has 0 aliphatic rings. The molecule has 20 heavy (non-hydrogen) atoms. The zero-order chi connectivity index (χ0) is 14.3. The fourth-order valence-electron chi connectivity index (χ4n) is 1.58. The fourth-order valence-corrected chi connectivity index (χ4v) is 2.45. The molecule has 0 radical (unpaired) electrons. The van der Waals surface area contributed by atoms with E-state index < -0.39 is 0 Å². The van der Waals surface area contributed by atoms with Gasteiger partial charge in [-0.25, -0.2) is 4.98 Å². The first kappa shape index (κ1) is 19.6. The minimum absolute atomic E-state index is 0. The SMILES string of the molecule is CCNC(=NCCc1csc(C(C)C)n1)NC(C)C.I. The van der Waals surface area contributed by atoms with Gasteiger partial charge in [0.15, 0.2) is 5.96 Å². The number of aliphatic imine (C=N–C) groups is 1. The molecule has 0 saturated heterocycles. The van der Waals surface area contributed by atoms with Crippen molar-refractivity contribution in [3.8, 4) is 0 Å². The number of thiazole rings is 1.